The molecule has 7 heteroatoms. The van der Waals surface area contributed by atoms with E-state index in [1.54, 1.807) is 5.38 Å². The van der Waals surface area contributed by atoms with E-state index in [1.165, 1.54) is 16.9 Å². The van der Waals surface area contributed by atoms with Crippen molar-refractivity contribution in [3.63, 3.8) is 0 Å². The third-order valence-electron chi connectivity index (χ3n) is 5.72. The molecule has 0 saturated heterocycles. The van der Waals surface area contributed by atoms with Crippen LogP contribution in [0.25, 0.3) is 21.5 Å². The van der Waals surface area contributed by atoms with Gasteiger partial charge in [-0.05, 0) is 41.8 Å². The number of fused-ring (bicyclic) bond motifs is 1. The molecule has 0 aliphatic heterocycles. The topological polar surface area (TPSA) is 76.1 Å². The number of carbonyl (C=O) groups is 1. The highest BCUT2D eigenvalue weighted by atomic mass is 32.1. The Balaban J connectivity index is 1.27. The molecule has 180 valence electrons. The smallest absolute Gasteiger partial charge is 0.289 e. The van der Waals surface area contributed by atoms with E-state index in [2.05, 4.69) is 34.9 Å². The lowest BCUT2D eigenvalue weighted by Gasteiger charge is -2.10. The quantitative estimate of drug-likeness (QED) is 0.225. The number of hydrogen-bond acceptors (Lipinski definition) is 6. The number of thiazole rings is 1. The van der Waals surface area contributed by atoms with E-state index in [0.717, 1.165) is 45.6 Å². The number of nitrogens with one attached hydrogen (secondary N) is 2. The largest absolute Gasteiger partial charge is 0.488 e. The fraction of sp³-hybridized carbons (Fsp3) is 0.138. The third kappa shape index (κ3) is 5.37. The number of pyridine rings is 1. The molecule has 2 N–H and O–H groups in total. The number of benzene rings is 3. The summed E-state index contributed by atoms with van der Waals surface area (Å²) in [6.45, 7) is 2.61. The van der Waals surface area contributed by atoms with Crippen LogP contribution < -0.4 is 15.6 Å². The Morgan fingerprint density at radius 1 is 0.917 bits per heavy atom. The molecule has 0 spiro atoms. The number of hydrazine groups is 1. The molecule has 0 aliphatic rings. The molecule has 2 heterocycles. The van der Waals surface area contributed by atoms with Crippen LogP contribution >= 0.6 is 11.3 Å². The summed E-state index contributed by atoms with van der Waals surface area (Å²) in [7, 11) is 0. The van der Waals surface area contributed by atoms with Gasteiger partial charge in [0.15, 0.2) is 0 Å². The monoisotopic (exact) mass is 494 g/mol. The fourth-order valence-electron chi connectivity index (χ4n) is 3.94. The molecule has 5 rings (SSSR count). The first-order valence-corrected chi connectivity index (χ1v) is 12.8. The number of rotatable bonds is 9. The molecule has 36 heavy (non-hydrogen) atoms. The molecule has 0 atom stereocenters. The number of hydrogen-bond donors (Lipinski definition) is 2. The summed E-state index contributed by atoms with van der Waals surface area (Å²) >= 11 is 1.40. The van der Waals surface area contributed by atoms with Crippen LogP contribution in [0.3, 0.4) is 0 Å². The molecule has 5 aromatic rings. The summed E-state index contributed by atoms with van der Waals surface area (Å²) in [4.78, 5) is 22.1. The molecule has 2 aromatic heterocycles. The number of aryl methyl sites for hydroxylation is 1. The van der Waals surface area contributed by atoms with Gasteiger partial charge >= 0.3 is 0 Å². The van der Waals surface area contributed by atoms with E-state index in [4.69, 9.17) is 9.72 Å². The first kappa shape index (κ1) is 23.5. The minimum Gasteiger partial charge on any atom is -0.488 e. The minimum absolute atomic E-state index is 0.327. The SMILES string of the molecule is CCCc1cccc2ccc(NNC(=O)c3csc(-c4ccccc4OCc4ccccc4)n3)nc12. The molecule has 0 saturated carbocycles. The molecular weight excluding hydrogens is 468 g/mol. The van der Waals surface area contributed by atoms with Crippen LogP contribution in [0.4, 0.5) is 5.82 Å². The predicted molar refractivity (Wildman–Crippen MR) is 145 cm³/mol. The van der Waals surface area contributed by atoms with Crippen LogP contribution in [0.1, 0.15) is 35.0 Å². The van der Waals surface area contributed by atoms with Gasteiger partial charge in [0, 0.05) is 10.8 Å². The van der Waals surface area contributed by atoms with Crippen molar-refractivity contribution in [2.45, 2.75) is 26.4 Å². The van der Waals surface area contributed by atoms with Crippen LogP contribution in [0.15, 0.2) is 90.3 Å². The molecule has 0 aliphatic carbocycles. The summed E-state index contributed by atoms with van der Waals surface area (Å²) in [5.74, 6) is 0.975. The van der Waals surface area contributed by atoms with Crippen LogP contribution in [-0.2, 0) is 13.0 Å². The van der Waals surface area contributed by atoms with Crippen LogP contribution in [0, 0.1) is 0 Å². The van der Waals surface area contributed by atoms with Gasteiger partial charge in [-0.15, -0.1) is 11.3 Å². The molecule has 1 amide bonds. The predicted octanol–water partition coefficient (Wildman–Crippen LogP) is 6.65. The second kappa shape index (κ2) is 11.0. The summed E-state index contributed by atoms with van der Waals surface area (Å²) in [5.41, 5.74) is 10.1. The Bertz CT molecular complexity index is 1480. The molecule has 0 fully saturated rings. The molecule has 3 aromatic carbocycles. The number of amides is 1. The standard InChI is InChI=1S/C29H26N4O2S/c1-2-9-21-12-8-13-22-16-17-26(31-27(21)22)32-33-28(34)24-19-36-29(30-24)23-14-6-7-15-25(23)35-18-20-10-4-3-5-11-20/h3-8,10-17,19H,2,9,18H2,1H3,(H,31,32)(H,33,34). The van der Waals surface area contributed by atoms with Gasteiger partial charge in [-0.1, -0.05) is 74.0 Å². The first-order chi connectivity index (χ1) is 17.7. The highest BCUT2D eigenvalue weighted by Gasteiger charge is 2.15. The highest BCUT2D eigenvalue weighted by molar-refractivity contribution is 7.13. The zero-order chi connectivity index (χ0) is 24.7. The summed E-state index contributed by atoms with van der Waals surface area (Å²) < 4.78 is 6.06. The van der Waals surface area contributed by atoms with Gasteiger partial charge in [0.1, 0.15) is 28.9 Å². The lowest BCUT2D eigenvalue weighted by Crippen LogP contribution is -2.30. The van der Waals surface area contributed by atoms with Crippen LogP contribution in [0.5, 0.6) is 5.75 Å². The number of carbonyl (C=O) groups excluding carboxylic acids is 1. The Morgan fingerprint density at radius 2 is 1.75 bits per heavy atom. The van der Waals surface area contributed by atoms with Crippen LogP contribution in [-0.4, -0.2) is 15.9 Å². The Hall–Kier alpha value is -4.23. The Labute approximate surface area is 214 Å². The molecule has 0 unspecified atom stereocenters. The number of nitrogens with zero attached hydrogens (tertiary/aromatic N) is 2. The van der Waals surface area contributed by atoms with Crippen molar-refractivity contribution in [1.82, 2.24) is 15.4 Å². The van der Waals surface area contributed by atoms with Gasteiger partial charge in [0.2, 0.25) is 0 Å². The number of ether oxygens (including phenoxy) is 1. The van der Waals surface area contributed by atoms with Crippen molar-refractivity contribution < 1.29 is 9.53 Å². The maximum atomic E-state index is 12.8. The van der Waals surface area contributed by atoms with Crippen molar-refractivity contribution in [3.05, 3.63) is 107 Å². The van der Waals surface area contributed by atoms with Gasteiger partial charge in [-0.3, -0.25) is 15.6 Å². The minimum atomic E-state index is -0.330. The Morgan fingerprint density at radius 3 is 2.61 bits per heavy atom. The average molecular weight is 495 g/mol. The van der Waals surface area contributed by atoms with Gasteiger partial charge in [0.25, 0.3) is 5.91 Å². The lowest BCUT2D eigenvalue weighted by atomic mass is 10.1. The van der Waals surface area contributed by atoms with Gasteiger partial charge < -0.3 is 4.74 Å². The van der Waals surface area contributed by atoms with Crippen molar-refractivity contribution in [1.29, 1.82) is 0 Å². The average Bonchev–Trinajstić information content (AvgIpc) is 3.42. The zero-order valence-electron chi connectivity index (χ0n) is 19.9. The molecule has 6 nitrogen and oxygen atoms in total. The van der Waals surface area contributed by atoms with E-state index in [1.807, 2.05) is 72.8 Å². The van der Waals surface area contributed by atoms with Crippen LogP contribution in [0.2, 0.25) is 0 Å². The second-order valence-electron chi connectivity index (χ2n) is 8.32. The van der Waals surface area contributed by atoms with E-state index in [9.17, 15) is 4.79 Å². The van der Waals surface area contributed by atoms with Crippen molar-refractivity contribution >= 4 is 34.0 Å². The van der Waals surface area contributed by atoms with Gasteiger partial charge in [0.05, 0.1) is 11.1 Å². The van der Waals surface area contributed by atoms with Gasteiger partial charge in [-0.2, -0.15) is 0 Å². The van der Waals surface area contributed by atoms with E-state index < -0.39 is 0 Å². The van der Waals surface area contributed by atoms with Crippen molar-refractivity contribution in [3.8, 4) is 16.3 Å². The van der Waals surface area contributed by atoms with E-state index >= 15 is 0 Å². The molecule has 0 bridgehead atoms. The zero-order valence-corrected chi connectivity index (χ0v) is 20.7. The third-order valence-corrected chi connectivity index (χ3v) is 6.59. The maximum absolute atomic E-state index is 12.8. The number of anilines is 1. The summed E-state index contributed by atoms with van der Waals surface area (Å²) in [5, 5.41) is 3.54. The van der Waals surface area contributed by atoms with Crippen molar-refractivity contribution in [2.24, 2.45) is 0 Å². The van der Waals surface area contributed by atoms with Crippen molar-refractivity contribution in [2.75, 3.05) is 5.43 Å². The Kier molecular flexibility index (Phi) is 7.19. The van der Waals surface area contributed by atoms with E-state index in [0.29, 0.717) is 18.1 Å². The maximum Gasteiger partial charge on any atom is 0.289 e. The molecular formula is C29H26N4O2S. The lowest BCUT2D eigenvalue weighted by molar-refractivity contribution is 0.0958. The fourth-order valence-corrected chi connectivity index (χ4v) is 4.77. The highest BCUT2D eigenvalue weighted by Crippen LogP contribution is 2.32. The normalized spacial score (nSPS) is 10.8. The number of para-hydroxylation sites is 2. The van der Waals surface area contributed by atoms with E-state index in [-0.39, 0.29) is 5.91 Å². The summed E-state index contributed by atoms with van der Waals surface area (Å²) in [6.07, 6.45) is 2.00. The van der Waals surface area contributed by atoms with Gasteiger partial charge in [-0.25, -0.2) is 9.97 Å². The number of aromatic nitrogens is 2. The second-order valence-corrected chi connectivity index (χ2v) is 9.18. The summed E-state index contributed by atoms with van der Waals surface area (Å²) in [6, 6.07) is 27.8. The first-order valence-electron chi connectivity index (χ1n) is 11.9. The molecule has 0 radical (unpaired) electrons.